The summed E-state index contributed by atoms with van der Waals surface area (Å²) in [5, 5.41) is 3.60. The highest BCUT2D eigenvalue weighted by Crippen LogP contribution is 2.49. The second-order valence-electron chi connectivity index (χ2n) is 7.27. The van der Waals surface area contributed by atoms with Crippen LogP contribution in [-0.2, 0) is 16.0 Å². The van der Waals surface area contributed by atoms with Gasteiger partial charge in [-0.05, 0) is 56.6 Å². The second-order valence-corrected chi connectivity index (χ2v) is 8.06. The number of rotatable bonds is 1. The molecule has 1 aromatic rings. The summed E-state index contributed by atoms with van der Waals surface area (Å²) in [4.78, 5) is 30.4. The molecule has 0 saturated carbocycles. The largest absolute Gasteiger partial charge is 0.367 e. The monoisotopic (exact) mass is 377 g/mol. The molecule has 0 aliphatic carbocycles. The van der Waals surface area contributed by atoms with Gasteiger partial charge in [0.25, 0.3) is 0 Å². The topological polar surface area (TPSA) is 52.7 Å². The van der Waals surface area contributed by atoms with Gasteiger partial charge in [-0.2, -0.15) is 0 Å². The number of anilines is 1. The zero-order valence-electron chi connectivity index (χ0n) is 14.2. The number of thiocarbonyl (C=S) groups is 1. The third-order valence-electron chi connectivity index (χ3n) is 5.64. The number of benzene rings is 1. The molecule has 4 rings (SSSR count). The smallest absolute Gasteiger partial charge is 0.247 e. The van der Waals surface area contributed by atoms with Crippen molar-refractivity contribution in [3.8, 4) is 0 Å². The summed E-state index contributed by atoms with van der Waals surface area (Å²) < 4.78 is 0. The fraction of sp³-hybridized carbons (Fsp3) is 0.500. The lowest BCUT2D eigenvalue weighted by molar-refractivity contribution is -0.153. The number of nitrogens with zero attached hydrogens (tertiary/aromatic N) is 2. The molecular weight excluding hydrogens is 358 g/mol. The second kappa shape index (κ2) is 5.68. The molecule has 132 valence electrons. The molecule has 3 aliphatic heterocycles. The van der Waals surface area contributed by atoms with E-state index in [4.69, 9.17) is 23.8 Å². The highest BCUT2D eigenvalue weighted by atomic mass is 35.5. The maximum atomic E-state index is 13.5. The minimum absolute atomic E-state index is 0.111. The Hall–Kier alpha value is -1.66. The van der Waals surface area contributed by atoms with Crippen LogP contribution in [0.3, 0.4) is 0 Å². The average Bonchev–Trinajstić information content (AvgIpc) is 3.03. The SMILES string of the molecule is CC(C)N1C(=O)[C@@]2(Cc3c(Cl)cccc3N3CCC[C@H]32)C(=O)NC1=S. The summed E-state index contributed by atoms with van der Waals surface area (Å²) >= 11 is 11.7. The molecule has 2 amide bonds. The van der Waals surface area contributed by atoms with Crippen molar-refractivity contribution in [3.05, 3.63) is 28.8 Å². The van der Waals surface area contributed by atoms with Crippen molar-refractivity contribution in [3.63, 3.8) is 0 Å². The van der Waals surface area contributed by atoms with Crippen molar-refractivity contribution >= 4 is 46.4 Å². The van der Waals surface area contributed by atoms with E-state index in [1.54, 1.807) is 4.90 Å². The number of fused-ring (bicyclic) bond motifs is 4. The van der Waals surface area contributed by atoms with Crippen LogP contribution in [0.5, 0.6) is 0 Å². The quantitative estimate of drug-likeness (QED) is 0.603. The number of nitrogens with one attached hydrogen (secondary N) is 1. The number of hydrogen-bond donors (Lipinski definition) is 1. The molecule has 2 saturated heterocycles. The van der Waals surface area contributed by atoms with E-state index in [2.05, 4.69) is 10.2 Å². The first-order chi connectivity index (χ1) is 11.9. The molecule has 1 aromatic carbocycles. The van der Waals surface area contributed by atoms with Crippen LogP contribution in [0.1, 0.15) is 32.3 Å². The Morgan fingerprint density at radius 3 is 2.84 bits per heavy atom. The van der Waals surface area contributed by atoms with E-state index in [0.29, 0.717) is 11.4 Å². The molecule has 1 N–H and O–H groups in total. The van der Waals surface area contributed by atoms with Gasteiger partial charge in [-0.1, -0.05) is 17.7 Å². The lowest BCUT2D eigenvalue weighted by atomic mass is 9.68. The van der Waals surface area contributed by atoms with Crippen LogP contribution < -0.4 is 10.2 Å². The van der Waals surface area contributed by atoms with Gasteiger partial charge in [0.15, 0.2) is 10.5 Å². The number of halogens is 1. The highest BCUT2D eigenvalue weighted by molar-refractivity contribution is 7.80. The van der Waals surface area contributed by atoms with Crippen LogP contribution in [0.25, 0.3) is 0 Å². The first-order valence-electron chi connectivity index (χ1n) is 8.61. The van der Waals surface area contributed by atoms with Crippen molar-refractivity contribution in [2.45, 2.75) is 45.2 Å². The summed E-state index contributed by atoms with van der Waals surface area (Å²) in [6.07, 6.45) is 2.08. The van der Waals surface area contributed by atoms with Crippen LogP contribution in [0, 0.1) is 5.41 Å². The van der Waals surface area contributed by atoms with Crippen LogP contribution in [0.4, 0.5) is 5.69 Å². The molecule has 25 heavy (non-hydrogen) atoms. The summed E-state index contributed by atoms with van der Waals surface area (Å²) in [6.45, 7) is 4.64. The Morgan fingerprint density at radius 1 is 1.36 bits per heavy atom. The average molecular weight is 378 g/mol. The third-order valence-corrected chi connectivity index (χ3v) is 6.29. The van der Waals surface area contributed by atoms with Crippen molar-refractivity contribution < 1.29 is 9.59 Å². The molecule has 0 aromatic heterocycles. The standard InChI is InChI=1S/C18H20ClN3O2S/c1-10(2)22-16(24)18(15(23)20-17(22)25)9-11-12(19)5-3-6-13(11)21-8-4-7-14(18)21/h3,5-6,10,14H,4,7-9H2,1-2H3,(H,20,23,25)/t14-,18+/m0/s1. The Balaban J connectivity index is 1.91. The molecule has 0 radical (unpaired) electrons. The molecule has 2 atom stereocenters. The molecule has 3 aliphatic rings. The lowest BCUT2D eigenvalue weighted by Crippen LogP contribution is -2.72. The fourth-order valence-electron chi connectivity index (χ4n) is 4.55. The Bertz CT molecular complexity index is 797. The van der Waals surface area contributed by atoms with E-state index in [-0.39, 0.29) is 29.0 Å². The minimum Gasteiger partial charge on any atom is -0.367 e. The van der Waals surface area contributed by atoms with E-state index in [1.165, 1.54) is 0 Å². The molecule has 3 heterocycles. The van der Waals surface area contributed by atoms with Crippen LogP contribution in [0.2, 0.25) is 5.02 Å². The highest BCUT2D eigenvalue weighted by Gasteiger charge is 2.62. The molecule has 0 unspecified atom stereocenters. The summed E-state index contributed by atoms with van der Waals surface area (Å²) in [7, 11) is 0. The summed E-state index contributed by atoms with van der Waals surface area (Å²) in [5.41, 5.74) is 0.758. The maximum absolute atomic E-state index is 13.5. The zero-order valence-corrected chi connectivity index (χ0v) is 15.8. The third kappa shape index (κ3) is 2.16. The van der Waals surface area contributed by atoms with Gasteiger partial charge in [0.1, 0.15) is 0 Å². The van der Waals surface area contributed by atoms with Crippen LogP contribution >= 0.6 is 23.8 Å². The normalized spacial score (nSPS) is 28.5. The van der Waals surface area contributed by atoms with Crippen LogP contribution in [-0.4, -0.2) is 40.5 Å². The zero-order chi connectivity index (χ0) is 17.9. The Kier molecular flexibility index (Phi) is 3.81. The van der Waals surface area contributed by atoms with E-state index in [1.807, 2.05) is 32.0 Å². The van der Waals surface area contributed by atoms with Crippen molar-refractivity contribution in [1.29, 1.82) is 0 Å². The van der Waals surface area contributed by atoms with E-state index < -0.39 is 5.41 Å². The van der Waals surface area contributed by atoms with Gasteiger partial charge in [-0.25, -0.2) is 0 Å². The summed E-state index contributed by atoms with van der Waals surface area (Å²) in [5.74, 6) is -0.486. The molecular formula is C18H20ClN3O2S. The number of amides is 2. The first kappa shape index (κ1) is 16.8. The van der Waals surface area contributed by atoms with Gasteiger partial charge in [-0.3, -0.25) is 14.5 Å². The molecule has 7 heteroatoms. The Morgan fingerprint density at radius 2 is 2.12 bits per heavy atom. The maximum Gasteiger partial charge on any atom is 0.247 e. The van der Waals surface area contributed by atoms with E-state index in [0.717, 1.165) is 30.6 Å². The fourth-order valence-corrected chi connectivity index (χ4v) is 5.17. The van der Waals surface area contributed by atoms with Crippen molar-refractivity contribution in [2.75, 3.05) is 11.4 Å². The molecule has 2 fully saturated rings. The predicted molar refractivity (Wildman–Crippen MR) is 101 cm³/mol. The number of carbonyl (C=O) groups is 2. The van der Waals surface area contributed by atoms with Gasteiger partial charge < -0.3 is 10.2 Å². The van der Waals surface area contributed by atoms with E-state index in [9.17, 15) is 9.59 Å². The Labute approximate surface area is 157 Å². The van der Waals surface area contributed by atoms with Gasteiger partial charge in [0.05, 0.1) is 6.04 Å². The van der Waals surface area contributed by atoms with Gasteiger partial charge in [0, 0.05) is 29.7 Å². The minimum atomic E-state index is -1.17. The van der Waals surface area contributed by atoms with E-state index >= 15 is 0 Å². The lowest BCUT2D eigenvalue weighted by Gasteiger charge is -2.51. The van der Waals surface area contributed by atoms with Gasteiger partial charge in [-0.15, -0.1) is 0 Å². The predicted octanol–water partition coefficient (Wildman–Crippen LogP) is 2.50. The van der Waals surface area contributed by atoms with Crippen molar-refractivity contribution in [1.82, 2.24) is 10.2 Å². The van der Waals surface area contributed by atoms with Crippen molar-refractivity contribution in [2.24, 2.45) is 5.41 Å². The molecule has 1 spiro atoms. The molecule has 5 nitrogen and oxygen atoms in total. The first-order valence-corrected chi connectivity index (χ1v) is 9.39. The van der Waals surface area contributed by atoms with Gasteiger partial charge in [0.2, 0.25) is 11.8 Å². The van der Waals surface area contributed by atoms with Crippen LogP contribution in [0.15, 0.2) is 18.2 Å². The van der Waals surface area contributed by atoms with Gasteiger partial charge >= 0.3 is 0 Å². The number of hydrogen-bond acceptors (Lipinski definition) is 4. The number of carbonyl (C=O) groups excluding carboxylic acids is 2. The molecule has 0 bridgehead atoms. The summed E-state index contributed by atoms with van der Waals surface area (Å²) in [6, 6.07) is 5.51.